The fraction of sp³-hybridized carbons (Fsp3) is 0.333. The number of hydrogen-bond acceptors (Lipinski definition) is 2. The molecule has 0 saturated carbocycles. The number of halogens is 1. The zero-order chi connectivity index (χ0) is 14.5. The van der Waals surface area contributed by atoms with Crippen LogP contribution in [-0.2, 0) is 16.1 Å². The van der Waals surface area contributed by atoms with Crippen molar-refractivity contribution in [2.24, 2.45) is 11.8 Å². The molecule has 1 amide bonds. The Hall–Kier alpha value is -1.62. The molecule has 1 aliphatic rings. The van der Waals surface area contributed by atoms with Crippen LogP contribution in [0.2, 0.25) is 0 Å². The second-order valence-electron chi connectivity index (χ2n) is 4.80. The number of carboxylic acids is 1. The number of benzene rings is 1. The normalized spacial score (nSPS) is 21.4. The van der Waals surface area contributed by atoms with Crippen LogP contribution in [0.1, 0.15) is 18.4 Å². The van der Waals surface area contributed by atoms with Gasteiger partial charge in [-0.05, 0) is 24.5 Å². The molecule has 20 heavy (non-hydrogen) atoms. The van der Waals surface area contributed by atoms with Gasteiger partial charge >= 0.3 is 5.97 Å². The topological polar surface area (TPSA) is 66.4 Å². The van der Waals surface area contributed by atoms with Crippen LogP contribution in [0, 0.1) is 11.8 Å². The number of rotatable bonds is 4. The van der Waals surface area contributed by atoms with E-state index in [-0.39, 0.29) is 5.91 Å². The minimum absolute atomic E-state index is 0.197. The quantitative estimate of drug-likeness (QED) is 0.830. The van der Waals surface area contributed by atoms with Crippen LogP contribution >= 0.6 is 15.9 Å². The zero-order valence-electron chi connectivity index (χ0n) is 10.9. The van der Waals surface area contributed by atoms with Crippen LogP contribution in [0.4, 0.5) is 0 Å². The van der Waals surface area contributed by atoms with Gasteiger partial charge in [0.15, 0.2) is 0 Å². The van der Waals surface area contributed by atoms with Crippen molar-refractivity contribution in [3.63, 3.8) is 0 Å². The number of hydrogen-bond donors (Lipinski definition) is 2. The minimum Gasteiger partial charge on any atom is -0.481 e. The summed E-state index contributed by atoms with van der Waals surface area (Å²) in [6.45, 7) is 0.396. The summed E-state index contributed by atoms with van der Waals surface area (Å²) >= 11 is 3.42. The molecule has 0 heterocycles. The van der Waals surface area contributed by atoms with Gasteiger partial charge in [-0.2, -0.15) is 0 Å². The van der Waals surface area contributed by atoms with E-state index >= 15 is 0 Å². The maximum Gasteiger partial charge on any atom is 0.307 e. The Kier molecular flexibility index (Phi) is 4.95. The minimum atomic E-state index is -0.907. The van der Waals surface area contributed by atoms with Crippen LogP contribution in [0.15, 0.2) is 40.9 Å². The fourth-order valence-electron chi connectivity index (χ4n) is 2.33. The molecule has 0 aromatic heterocycles. The van der Waals surface area contributed by atoms with Crippen LogP contribution in [0.5, 0.6) is 0 Å². The first kappa shape index (κ1) is 14.8. The summed E-state index contributed by atoms with van der Waals surface area (Å²) in [6, 6.07) is 7.63. The molecule has 4 nitrogen and oxygen atoms in total. The predicted molar refractivity (Wildman–Crippen MR) is 79.0 cm³/mol. The van der Waals surface area contributed by atoms with Crippen molar-refractivity contribution in [2.75, 3.05) is 0 Å². The molecule has 2 atom stereocenters. The van der Waals surface area contributed by atoms with Gasteiger partial charge in [-0.1, -0.05) is 46.3 Å². The van der Waals surface area contributed by atoms with Gasteiger partial charge in [-0.15, -0.1) is 0 Å². The molecule has 2 rings (SSSR count). The maximum absolute atomic E-state index is 12.2. The van der Waals surface area contributed by atoms with Crippen molar-refractivity contribution in [1.82, 2.24) is 5.32 Å². The van der Waals surface area contributed by atoms with E-state index in [9.17, 15) is 9.59 Å². The summed E-state index contributed by atoms with van der Waals surface area (Å²) in [4.78, 5) is 23.4. The predicted octanol–water partition coefficient (Wildman–Crippen LogP) is 2.73. The van der Waals surface area contributed by atoms with Gasteiger partial charge in [0.2, 0.25) is 5.91 Å². The molecule has 0 bridgehead atoms. The van der Waals surface area contributed by atoms with Crippen molar-refractivity contribution in [2.45, 2.75) is 19.4 Å². The molecule has 0 fully saturated rings. The Morgan fingerprint density at radius 1 is 1.20 bits per heavy atom. The van der Waals surface area contributed by atoms with Crippen molar-refractivity contribution < 1.29 is 14.7 Å². The van der Waals surface area contributed by atoms with Gasteiger partial charge in [-0.3, -0.25) is 9.59 Å². The standard InChI is InChI=1S/C15H16BrNO3/c16-13-8-4-1-5-10(13)9-17-14(18)11-6-2-3-7-12(11)15(19)20/h1-5,8,11-12H,6-7,9H2,(H,17,18)(H,19,20). The lowest BCUT2D eigenvalue weighted by Crippen LogP contribution is -2.38. The first-order valence-electron chi connectivity index (χ1n) is 6.48. The Morgan fingerprint density at radius 3 is 2.50 bits per heavy atom. The van der Waals surface area contributed by atoms with Crippen LogP contribution in [-0.4, -0.2) is 17.0 Å². The SMILES string of the molecule is O=C(O)C1CC=CCC1C(=O)NCc1ccccc1Br. The van der Waals surface area contributed by atoms with Crippen LogP contribution in [0.3, 0.4) is 0 Å². The summed E-state index contributed by atoms with van der Waals surface area (Å²) in [7, 11) is 0. The van der Waals surface area contributed by atoms with Gasteiger partial charge < -0.3 is 10.4 Å². The van der Waals surface area contributed by atoms with Gasteiger partial charge in [-0.25, -0.2) is 0 Å². The summed E-state index contributed by atoms with van der Waals surface area (Å²) in [5.74, 6) is -2.22. The van der Waals surface area contributed by atoms with E-state index in [0.717, 1.165) is 10.0 Å². The first-order valence-corrected chi connectivity index (χ1v) is 7.28. The molecule has 2 unspecified atom stereocenters. The molecule has 0 spiro atoms. The van der Waals surface area contributed by atoms with E-state index in [2.05, 4.69) is 21.2 Å². The summed E-state index contributed by atoms with van der Waals surface area (Å²) in [5, 5.41) is 12.0. The van der Waals surface area contributed by atoms with Crippen molar-refractivity contribution in [1.29, 1.82) is 0 Å². The smallest absolute Gasteiger partial charge is 0.307 e. The highest BCUT2D eigenvalue weighted by atomic mass is 79.9. The lowest BCUT2D eigenvalue weighted by Gasteiger charge is -2.24. The number of amides is 1. The largest absolute Gasteiger partial charge is 0.481 e. The van der Waals surface area contributed by atoms with E-state index in [1.807, 2.05) is 36.4 Å². The Labute approximate surface area is 126 Å². The molecule has 5 heteroatoms. The number of allylic oxidation sites excluding steroid dienone is 2. The fourth-order valence-corrected chi connectivity index (χ4v) is 2.76. The highest BCUT2D eigenvalue weighted by molar-refractivity contribution is 9.10. The Bertz CT molecular complexity index is 542. The van der Waals surface area contributed by atoms with Crippen molar-refractivity contribution in [3.8, 4) is 0 Å². The zero-order valence-corrected chi connectivity index (χ0v) is 12.5. The number of carbonyl (C=O) groups is 2. The molecule has 1 aromatic rings. The molecule has 0 saturated heterocycles. The summed E-state index contributed by atoms with van der Waals surface area (Å²) in [5.41, 5.74) is 0.971. The molecule has 0 aliphatic heterocycles. The highest BCUT2D eigenvalue weighted by Gasteiger charge is 2.33. The van der Waals surface area contributed by atoms with E-state index < -0.39 is 17.8 Å². The molecule has 1 aromatic carbocycles. The summed E-state index contributed by atoms with van der Waals surface area (Å²) in [6.07, 6.45) is 4.61. The van der Waals surface area contributed by atoms with Gasteiger partial charge in [0, 0.05) is 11.0 Å². The van der Waals surface area contributed by atoms with E-state index in [1.165, 1.54) is 0 Å². The molecular formula is C15H16BrNO3. The average molecular weight is 338 g/mol. The highest BCUT2D eigenvalue weighted by Crippen LogP contribution is 2.26. The molecule has 0 radical (unpaired) electrons. The number of aliphatic carboxylic acids is 1. The first-order chi connectivity index (χ1) is 9.59. The maximum atomic E-state index is 12.2. The monoisotopic (exact) mass is 337 g/mol. The van der Waals surface area contributed by atoms with Gasteiger partial charge in [0.25, 0.3) is 0 Å². The summed E-state index contributed by atoms with van der Waals surface area (Å²) < 4.78 is 0.929. The third-order valence-corrected chi connectivity index (χ3v) is 4.27. The number of carboxylic acid groups (broad SMARTS) is 1. The molecular weight excluding hydrogens is 322 g/mol. The second-order valence-corrected chi connectivity index (χ2v) is 5.66. The number of nitrogens with one attached hydrogen (secondary N) is 1. The second kappa shape index (κ2) is 6.70. The van der Waals surface area contributed by atoms with Gasteiger partial charge in [0.05, 0.1) is 11.8 Å². The average Bonchev–Trinajstić information content (AvgIpc) is 2.46. The number of carbonyl (C=O) groups excluding carboxylic acids is 1. The van der Waals surface area contributed by atoms with Crippen LogP contribution < -0.4 is 5.32 Å². The van der Waals surface area contributed by atoms with E-state index in [1.54, 1.807) is 0 Å². The molecule has 1 aliphatic carbocycles. The Morgan fingerprint density at radius 2 is 1.85 bits per heavy atom. The van der Waals surface area contributed by atoms with Crippen molar-refractivity contribution in [3.05, 3.63) is 46.5 Å². The third-order valence-electron chi connectivity index (χ3n) is 3.50. The van der Waals surface area contributed by atoms with E-state index in [4.69, 9.17) is 5.11 Å². The lowest BCUT2D eigenvalue weighted by atomic mass is 9.82. The van der Waals surface area contributed by atoms with Crippen molar-refractivity contribution >= 4 is 27.8 Å². The molecule has 2 N–H and O–H groups in total. The van der Waals surface area contributed by atoms with Crippen LogP contribution in [0.25, 0.3) is 0 Å². The van der Waals surface area contributed by atoms with E-state index in [0.29, 0.717) is 19.4 Å². The Balaban J connectivity index is 1.99. The van der Waals surface area contributed by atoms with Gasteiger partial charge in [0.1, 0.15) is 0 Å². The molecule has 106 valence electrons. The third kappa shape index (κ3) is 3.48. The lowest BCUT2D eigenvalue weighted by molar-refractivity contribution is -0.147.